The lowest BCUT2D eigenvalue weighted by atomic mass is 9.58. The Bertz CT molecular complexity index is 1040. The number of carbonyl (C=O) groups is 1. The maximum Gasteiger partial charge on any atom is 0.220 e. The van der Waals surface area contributed by atoms with Crippen molar-refractivity contribution in [2.75, 3.05) is 26.8 Å². The predicted octanol–water partition coefficient (Wildman–Crippen LogP) is 3.88. The second-order valence-corrected chi connectivity index (χ2v) is 10.8. The van der Waals surface area contributed by atoms with Gasteiger partial charge in [0.25, 0.3) is 0 Å². The van der Waals surface area contributed by atoms with E-state index in [9.17, 15) is 4.79 Å². The molecule has 34 heavy (non-hydrogen) atoms. The Labute approximate surface area is 202 Å². The van der Waals surface area contributed by atoms with Crippen molar-refractivity contribution < 1.29 is 14.3 Å². The number of methoxy groups -OCH3 is 1. The van der Waals surface area contributed by atoms with Gasteiger partial charge in [0.1, 0.15) is 5.75 Å². The fourth-order valence-corrected chi connectivity index (χ4v) is 6.76. The first-order valence-corrected chi connectivity index (χ1v) is 13.0. The molecule has 180 valence electrons. The van der Waals surface area contributed by atoms with Crippen molar-refractivity contribution in [2.24, 2.45) is 5.92 Å². The Morgan fingerprint density at radius 1 is 1.21 bits per heavy atom. The van der Waals surface area contributed by atoms with Crippen LogP contribution in [-0.2, 0) is 27.8 Å². The number of hydrogen-bond acceptors (Lipinski definition) is 4. The Morgan fingerprint density at radius 3 is 2.85 bits per heavy atom. The van der Waals surface area contributed by atoms with E-state index in [0.29, 0.717) is 19.1 Å². The van der Waals surface area contributed by atoms with E-state index in [1.54, 1.807) is 7.11 Å². The van der Waals surface area contributed by atoms with Crippen molar-refractivity contribution in [3.8, 4) is 5.75 Å². The molecule has 0 radical (unpaired) electrons. The Morgan fingerprint density at radius 2 is 2.06 bits per heavy atom. The second-order valence-electron chi connectivity index (χ2n) is 10.8. The van der Waals surface area contributed by atoms with Crippen molar-refractivity contribution in [3.05, 3.63) is 65.2 Å². The van der Waals surface area contributed by atoms with Crippen LogP contribution in [0.1, 0.15) is 48.8 Å². The molecular formula is C29H36N2O3. The highest BCUT2D eigenvalue weighted by atomic mass is 16.5. The Kier molecular flexibility index (Phi) is 5.86. The quantitative estimate of drug-likeness (QED) is 0.681. The molecule has 2 aromatic rings. The Balaban J connectivity index is 1.22. The SMILES string of the molecule is COc1ccc2c(c1)[C@]13CCN(CC4CC4)[C@H](C2)C1OCC(NC(=O)CCc1ccccc1)C3. The maximum absolute atomic E-state index is 12.8. The zero-order chi connectivity index (χ0) is 23.1. The first-order valence-electron chi connectivity index (χ1n) is 13.0. The molecule has 2 heterocycles. The summed E-state index contributed by atoms with van der Waals surface area (Å²) >= 11 is 0. The molecule has 2 aliphatic heterocycles. The molecule has 2 bridgehead atoms. The van der Waals surface area contributed by atoms with Gasteiger partial charge in [-0.1, -0.05) is 36.4 Å². The van der Waals surface area contributed by atoms with E-state index in [4.69, 9.17) is 9.47 Å². The third kappa shape index (κ3) is 4.14. The standard InChI is InChI=1S/C29H36N2O3/c1-33-24-11-10-22-15-26-28-29(25(22)16-24,13-14-31(26)18-21-7-8-21)17-23(19-34-28)30-27(32)12-9-20-5-3-2-4-6-20/h2-6,10-11,16,21,23,26,28H,7-9,12-15,17-19H2,1H3,(H,30,32)/t23?,26-,28?,29-/m1/s1. The fraction of sp³-hybridized carbons (Fsp3) is 0.552. The number of piperidine rings is 1. The summed E-state index contributed by atoms with van der Waals surface area (Å²) in [6, 6.07) is 17.3. The molecule has 2 saturated heterocycles. The van der Waals surface area contributed by atoms with Crippen LogP contribution in [0.3, 0.4) is 0 Å². The number of rotatable bonds is 7. The van der Waals surface area contributed by atoms with Gasteiger partial charge in [0.05, 0.1) is 25.9 Å². The molecule has 2 aliphatic carbocycles. The molecule has 0 spiro atoms. The first-order chi connectivity index (χ1) is 16.6. The number of nitrogens with zero attached hydrogens (tertiary/aromatic N) is 1. The minimum Gasteiger partial charge on any atom is -0.497 e. The number of benzene rings is 2. The van der Waals surface area contributed by atoms with E-state index < -0.39 is 0 Å². The maximum atomic E-state index is 12.8. The van der Waals surface area contributed by atoms with Gasteiger partial charge < -0.3 is 14.8 Å². The van der Waals surface area contributed by atoms with E-state index in [1.165, 1.54) is 36.1 Å². The van der Waals surface area contributed by atoms with E-state index in [1.807, 2.05) is 18.2 Å². The molecule has 6 rings (SSSR count). The molecule has 5 nitrogen and oxygen atoms in total. The molecule has 5 heteroatoms. The van der Waals surface area contributed by atoms with Gasteiger partial charge in [0, 0.05) is 24.4 Å². The van der Waals surface area contributed by atoms with Crippen LogP contribution in [0, 0.1) is 5.92 Å². The summed E-state index contributed by atoms with van der Waals surface area (Å²) in [6.45, 7) is 2.94. The topological polar surface area (TPSA) is 50.8 Å². The van der Waals surface area contributed by atoms with Crippen molar-refractivity contribution in [2.45, 2.75) is 68.5 Å². The minimum absolute atomic E-state index is 0.0484. The summed E-state index contributed by atoms with van der Waals surface area (Å²) in [5.41, 5.74) is 3.97. The lowest BCUT2D eigenvalue weighted by molar-refractivity contribution is -0.143. The number of nitrogens with one attached hydrogen (secondary N) is 1. The zero-order valence-electron chi connectivity index (χ0n) is 20.2. The smallest absolute Gasteiger partial charge is 0.220 e. The summed E-state index contributed by atoms with van der Waals surface area (Å²) < 4.78 is 12.3. The molecule has 1 N–H and O–H groups in total. The lowest BCUT2D eigenvalue weighted by Gasteiger charge is -2.59. The van der Waals surface area contributed by atoms with Gasteiger partial charge in [0.15, 0.2) is 0 Å². The van der Waals surface area contributed by atoms with Gasteiger partial charge in [-0.05, 0) is 79.8 Å². The van der Waals surface area contributed by atoms with Gasteiger partial charge in [-0.2, -0.15) is 0 Å². The van der Waals surface area contributed by atoms with Gasteiger partial charge >= 0.3 is 0 Å². The van der Waals surface area contributed by atoms with Crippen molar-refractivity contribution in [3.63, 3.8) is 0 Å². The normalized spacial score (nSPS) is 30.2. The summed E-state index contributed by atoms with van der Waals surface area (Å²) in [4.78, 5) is 15.6. The van der Waals surface area contributed by atoms with Crippen LogP contribution in [0.5, 0.6) is 5.75 Å². The molecule has 1 amide bonds. The second kappa shape index (κ2) is 9.01. The van der Waals surface area contributed by atoms with Crippen LogP contribution in [0.4, 0.5) is 0 Å². The molecule has 4 atom stereocenters. The van der Waals surface area contributed by atoms with Gasteiger partial charge in [-0.15, -0.1) is 0 Å². The highest BCUT2D eigenvalue weighted by Gasteiger charge is 2.57. The number of fused-ring (bicyclic) bond motifs is 1. The highest BCUT2D eigenvalue weighted by molar-refractivity contribution is 5.76. The van der Waals surface area contributed by atoms with Crippen LogP contribution >= 0.6 is 0 Å². The Hall–Kier alpha value is -2.37. The van der Waals surface area contributed by atoms with Crippen LogP contribution in [-0.4, -0.2) is 55.8 Å². The number of aryl methyl sites for hydroxylation is 1. The van der Waals surface area contributed by atoms with Gasteiger partial charge in [-0.25, -0.2) is 0 Å². The van der Waals surface area contributed by atoms with Crippen molar-refractivity contribution in [1.82, 2.24) is 10.2 Å². The molecule has 4 aliphatic rings. The number of amides is 1. The van der Waals surface area contributed by atoms with E-state index in [-0.39, 0.29) is 23.5 Å². The largest absolute Gasteiger partial charge is 0.497 e. The van der Waals surface area contributed by atoms with Crippen LogP contribution in [0.2, 0.25) is 0 Å². The van der Waals surface area contributed by atoms with E-state index >= 15 is 0 Å². The van der Waals surface area contributed by atoms with Crippen LogP contribution < -0.4 is 10.1 Å². The zero-order valence-corrected chi connectivity index (χ0v) is 20.2. The molecule has 3 fully saturated rings. The number of ether oxygens (including phenoxy) is 2. The summed E-state index contributed by atoms with van der Waals surface area (Å²) in [5, 5.41) is 3.32. The molecule has 1 saturated carbocycles. The molecule has 2 unspecified atom stereocenters. The van der Waals surface area contributed by atoms with Crippen LogP contribution in [0.15, 0.2) is 48.5 Å². The van der Waals surface area contributed by atoms with Gasteiger partial charge in [-0.3, -0.25) is 9.69 Å². The predicted molar refractivity (Wildman–Crippen MR) is 132 cm³/mol. The third-order valence-corrected chi connectivity index (χ3v) is 8.62. The van der Waals surface area contributed by atoms with Crippen molar-refractivity contribution in [1.29, 1.82) is 0 Å². The van der Waals surface area contributed by atoms with Crippen molar-refractivity contribution >= 4 is 5.91 Å². The minimum atomic E-state index is -0.0531. The molecule has 2 aromatic carbocycles. The van der Waals surface area contributed by atoms with Gasteiger partial charge in [0.2, 0.25) is 5.91 Å². The van der Waals surface area contributed by atoms with Crippen LogP contribution in [0.25, 0.3) is 0 Å². The molecule has 0 aromatic heterocycles. The average molecular weight is 461 g/mol. The summed E-state index contributed by atoms with van der Waals surface area (Å²) in [5.74, 6) is 1.92. The van der Waals surface area contributed by atoms with E-state index in [0.717, 1.165) is 43.9 Å². The summed E-state index contributed by atoms with van der Waals surface area (Å²) in [6.07, 6.45) is 7.31. The fourth-order valence-electron chi connectivity index (χ4n) is 6.76. The van der Waals surface area contributed by atoms with E-state index in [2.05, 4.69) is 40.5 Å². The monoisotopic (exact) mass is 460 g/mol. The molecular weight excluding hydrogens is 424 g/mol. The number of carbonyl (C=O) groups excluding carboxylic acids is 1. The summed E-state index contributed by atoms with van der Waals surface area (Å²) in [7, 11) is 1.74. The first kappa shape index (κ1) is 22.1. The third-order valence-electron chi connectivity index (χ3n) is 8.62. The number of likely N-dealkylation sites (tertiary alicyclic amines) is 1. The number of hydrogen-bond donors (Lipinski definition) is 1. The average Bonchev–Trinajstić information content (AvgIpc) is 3.69. The highest BCUT2D eigenvalue weighted by Crippen LogP contribution is 2.52. The lowest BCUT2D eigenvalue weighted by Crippen LogP contribution is -2.68.